The molecule has 126 valence electrons. The van der Waals surface area contributed by atoms with Gasteiger partial charge in [-0.1, -0.05) is 12.1 Å². The molecule has 6 heteroatoms. The second-order valence-electron chi connectivity index (χ2n) is 5.51. The van der Waals surface area contributed by atoms with Crippen molar-refractivity contribution in [2.45, 2.75) is 45.1 Å². The summed E-state index contributed by atoms with van der Waals surface area (Å²) in [7, 11) is 0. The maximum atomic E-state index is 12.3. The zero-order chi connectivity index (χ0) is 16.8. The van der Waals surface area contributed by atoms with E-state index in [1.165, 1.54) is 12.3 Å². The zero-order valence-corrected chi connectivity index (χ0v) is 13.1. The van der Waals surface area contributed by atoms with Crippen LogP contribution in [0.1, 0.15) is 43.7 Å². The predicted molar refractivity (Wildman–Crippen MR) is 82.4 cm³/mol. The first kappa shape index (κ1) is 17.4. The summed E-state index contributed by atoms with van der Waals surface area (Å²) in [6.07, 6.45) is 1.31. The summed E-state index contributed by atoms with van der Waals surface area (Å²) >= 11 is 0. The van der Waals surface area contributed by atoms with Gasteiger partial charge in [0.05, 0.1) is 6.26 Å². The lowest BCUT2D eigenvalue weighted by molar-refractivity contribution is -0.0499. The Bertz CT molecular complexity index is 589. The predicted octanol–water partition coefficient (Wildman–Crippen LogP) is 4.04. The number of ether oxygens (including phenoxy) is 1. The Hall–Kier alpha value is -1.92. The molecule has 0 aliphatic carbocycles. The van der Waals surface area contributed by atoms with Gasteiger partial charge < -0.3 is 19.6 Å². The summed E-state index contributed by atoms with van der Waals surface area (Å²) < 4.78 is 34.1. The topological polar surface area (TPSA) is 54.6 Å². The third-order valence-corrected chi connectivity index (χ3v) is 3.57. The molecule has 0 saturated heterocycles. The van der Waals surface area contributed by atoms with E-state index < -0.39 is 12.7 Å². The number of nitrogens with one attached hydrogen (secondary N) is 1. The van der Waals surface area contributed by atoms with E-state index in [1.54, 1.807) is 24.3 Å². The van der Waals surface area contributed by atoms with Gasteiger partial charge in [0.2, 0.25) is 0 Å². The highest BCUT2D eigenvalue weighted by Crippen LogP contribution is 2.23. The van der Waals surface area contributed by atoms with Crippen LogP contribution in [0, 0.1) is 0 Å². The van der Waals surface area contributed by atoms with E-state index in [4.69, 9.17) is 4.42 Å². The normalized spacial score (nSPS) is 15.4. The third-order valence-electron chi connectivity index (χ3n) is 3.57. The van der Waals surface area contributed by atoms with Gasteiger partial charge in [-0.05, 0) is 50.1 Å². The van der Waals surface area contributed by atoms with Gasteiger partial charge in [-0.3, -0.25) is 0 Å². The second-order valence-corrected chi connectivity index (χ2v) is 5.51. The van der Waals surface area contributed by atoms with Crippen molar-refractivity contribution in [3.63, 3.8) is 0 Å². The van der Waals surface area contributed by atoms with E-state index in [1.807, 2.05) is 19.9 Å². The van der Waals surface area contributed by atoms with Crippen LogP contribution >= 0.6 is 0 Å². The monoisotopic (exact) mass is 325 g/mol. The molecule has 0 radical (unpaired) electrons. The highest BCUT2D eigenvalue weighted by atomic mass is 19.3. The Balaban J connectivity index is 1.91. The molecule has 0 aliphatic heterocycles. The fourth-order valence-corrected chi connectivity index (χ4v) is 2.48. The molecule has 0 spiro atoms. The lowest BCUT2D eigenvalue weighted by Crippen LogP contribution is -2.30. The molecule has 2 N–H and O–H groups in total. The number of benzene rings is 1. The largest absolute Gasteiger partial charge is 0.467 e. The van der Waals surface area contributed by atoms with Crippen LogP contribution < -0.4 is 10.1 Å². The van der Waals surface area contributed by atoms with Gasteiger partial charge in [0.25, 0.3) is 0 Å². The molecule has 0 saturated carbocycles. The Kier molecular flexibility index (Phi) is 6.12. The quantitative estimate of drug-likeness (QED) is 0.769. The van der Waals surface area contributed by atoms with Gasteiger partial charge >= 0.3 is 6.61 Å². The fourth-order valence-electron chi connectivity index (χ4n) is 2.48. The summed E-state index contributed by atoms with van der Waals surface area (Å²) in [5, 5.41) is 13.4. The first-order valence-corrected chi connectivity index (χ1v) is 7.48. The third kappa shape index (κ3) is 5.33. The summed E-state index contributed by atoms with van der Waals surface area (Å²) in [5.74, 6) is 0.660. The Morgan fingerprint density at radius 3 is 2.65 bits per heavy atom. The number of aliphatic hydroxyl groups excluding tert-OH is 1. The van der Waals surface area contributed by atoms with Crippen LogP contribution in [-0.2, 0) is 0 Å². The Labute approximate surface area is 134 Å². The number of alkyl halides is 2. The molecule has 0 amide bonds. The SMILES string of the molecule is CC(CC(O)c1ccco1)NC(C)c1cccc(OC(F)F)c1. The zero-order valence-electron chi connectivity index (χ0n) is 13.1. The molecule has 4 nitrogen and oxygen atoms in total. The van der Waals surface area contributed by atoms with Crippen molar-refractivity contribution in [2.75, 3.05) is 0 Å². The van der Waals surface area contributed by atoms with E-state index in [9.17, 15) is 13.9 Å². The molecule has 2 rings (SSSR count). The Morgan fingerprint density at radius 1 is 1.22 bits per heavy atom. The average molecular weight is 325 g/mol. The summed E-state index contributed by atoms with van der Waals surface area (Å²) in [5.41, 5.74) is 0.836. The van der Waals surface area contributed by atoms with Crippen molar-refractivity contribution in [3.05, 3.63) is 54.0 Å². The molecule has 3 atom stereocenters. The van der Waals surface area contributed by atoms with Crippen molar-refractivity contribution in [3.8, 4) is 5.75 Å². The van der Waals surface area contributed by atoms with Crippen molar-refractivity contribution in [1.29, 1.82) is 0 Å². The minimum atomic E-state index is -2.84. The molecular formula is C17H21F2NO3. The molecule has 23 heavy (non-hydrogen) atoms. The number of rotatable bonds is 8. The number of hydrogen-bond donors (Lipinski definition) is 2. The van der Waals surface area contributed by atoms with Crippen LogP contribution in [-0.4, -0.2) is 17.8 Å². The molecule has 2 aromatic rings. The standard InChI is InChI=1S/C17H21F2NO3/c1-11(9-15(21)16-7-4-8-22-16)20-12(2)13-5-3-6-14(10-13)23-17(18)19/h3-8,10-12,15,17,20-21H,9H2,1-2H3. The number of aliphatic hydroxyl groups is 1. The van der Waals surface area contributed by atoms with E-state index in [-0.39, 0.29) is 17.8 Å². The molecule has 1 aromatic heterocycles. The van der Waals surface area contributed by atoms with Gasteiger partial charge in [-0.2, -0.15) is 8.78 Å². The van der Waals surface area contributed by atoms with Crippen LogP contribution in [0.15, 0.2) is 47.1 Å². The Morgan fingerprint density at radius 2 is 2.00 bits per heavy atom. The van der Waals surface area contributed by atoms with Gasteiger partial charge in [0, 0.05) is 12.1 Å². The molecule has 3 unspecified atom stereocenters. The van der Waals surface area contributed by atoms with E-state index in [0.29, 0.717) is 12.2 Å². The van der Waals surface area contributed by atoms with Gasteiger partial charge in [-0.15, -0.1) is 0 Å². The molecule has 0 bridgehead atoms. The van der Waals surface area contributed by atoms with E-state index in [2.05, 4.69) is 10.1 Å². The first-order chi connectivity index (χ1) is 11.0. The highest BCUT2D eigenvalue weighted by molar-refractivity contribution is 5.30. The average Bonchev–Trinajstić information content (AvgIpc) is 3.00. The number of hydrogen-bond acceptors (Lipinski definition) is 4. The minimum absolute atomic E-state index is 0.00442. The van der Waals surface area contributed by atoms with Crippen LogP contribution in [0.25, 0.3) is 0 Å². The fraction of sp³-hybridized carbons (Fsp3) is 0.412. The smallest absolute Gasteiger partial charge is 0.387 e. The van der Waals surface area contributed by atoms with Crippen LogP contribution in [0.2, 0.25) is 0 Å². The lowest BCUT2D eigenvalue weighted by Gasteiger charge is -2.22. The summed E-state index contributed by atoms with van der Waals surface area (Å²) in [6.45, 7) is 1.04. The second kappa shape index (κ2) is 8.08. The van der Waals surface area contributed by atoms with Crippen molar-refractivity contribution >= 4 is 0 Å². The van der Waals surface area contributed by atoms with Crippen molar-refractivity contribution < 1.29 is 23.0 Å². The van der Waals surface area contributed by atoms with Crippen molar-refractivity contribution in [2.24, 2.45) is 0 Å². The highest BCUT2D eigenvalue weighted by Gasteiger charge is 2.17. The summed E-state index contributed by atoms with van der Waals surface area (Å²) in [6, 6.07) is 9.98. The van der Waals surface area contributed by atoms with Crippen LogP contribution in [0.4, 0.5) is 8.78 Å². The number of furan rings is 1. The van der Waals surface area contributed by atoms with Gasteiger partial charge in [0.15, 0.2) is 0 Å². The van der Waals surface area contributed by atoms with Crippen molar-refractivity contribution in [1.82, 2.24) is 5.32 Å². The minimum Gasteiger partial charge on any atom is -0.467 e. The molecule has 1 heterocycles. The first-order valence-electron chi connectivity index (χ1n) is 7.48. The molecular weight excluding hydrogens is 304 g/mol. The molecule has 1 aromatic carbocycles. The number of halogens is 2. The van der Waals surface area contributed by atoms with E-state index >= 15 is 0 Å². The van der Waals surface area contributed by atoms with Gasteiger partial charge in [0.1, 0.15) is 17.6 Å². The van der Waals surface area contributed by atoms with E-state index in [0.717, 1.165) is 5.56 Å². The maximum Gasteiger partial charge on any atom is 0.387 e. The van der Waals surface area contributed by atoms with Crippen LogP contribution in [0.3, 0.4) is 0 Å². The van der Waals surface area contributed by atoms with Gasteiger partial charge in [-0.25, -0.2) is 0 Å². The lowest BCUT2D eigenvalue weighted by atomic mass is 10.0. The molecule has 0 fully saturated rings. The van der Waals surface area contributed by atoms with Crippen LogP contribution in [0.5, 0.6) is 5.75 Å². The molecule has 0 aliphatic rings. The maximum absolute atomic E-state index is 12.3. The summed E-state index contributed by atoms with van der Waals surface area (Å²) in [4.78, 5) is 0.